The van der Waals surface area contributed by atoms with E-state index in [1.807, 2.05) is 37.1 Å². The van der Waals surface area contributed by atoms with E-state index in [0.717, 1.165) is 51.6 Å². The average molecular weight is 1030 g/mol. The van der Waals surface area contributed by atoms with E-state index in [2.05, 4.69) is 25.5 Å². The van der Waals surface area contributed by atoms with E-state index in [9.17, 15) is 27.6 Å². The zero-order chi connectivity index (χ0) is 51.0. The molecule has 0 radical (unpaired) electrons. The summed E-state index contributed by atoms with van der Waals surface area (Å²) in [5, 5.41) is 7.80. The minimum atomic E-state index is -4.57. The third-order valence-corrected chi connectivity index (χ3v) is 17.6. The first-order valence-corrected chi connectivity index (χ1v) is 27.3. The van der Waals surface area contributed by atoms with Crippen molar-refractivity contribution in [1.29, 1.82) is 0 Å². The lowest BCUT2D eigenvalue weighted by Gasteiger charge is -2.56. The minimum absolute atomic E-state index is 0.0274. The van der Waals surface area contributed by atoms with Gasteiger partial charge in [0.1, 0.15) is 24.7 Å². The summed E-state index contributed by atoms with van der Waals surface area (Å²) in [5.74, 6) is -0.762. The number of carbonyl (C=O) groups is 4. The summed E-state index contributed by atoms with van der Waals surface area (Å²) in [7, 11) is 1.54. The van der Waals surface area contributed by atoms with Crippen molar-refractivity contribution in [3.05, 3.63) is 58.2 Å². The summed E-state index contributed by atoms with van der Waals surface area (Å²) in [5.41, 5.74) is 5.97. The van der Waals surface area contributed by atoms with Crippen molar-refractivity contribution in [3.63, 3.8) is 0 Å². The molecule has 1 spiro atoms. The van der Waals surface area contributed by atoms with Crippen molar-refractivity contribution in [1.82, 2.24) is 45.0 Å². The van der Waals surface area contributed by atoms with E-state index in [-0.39, 0.29) is 54.5 Å². The maximum Gasteiger partial charge on any atom is 0.406 e. The molecule has 6 atom stereocenters. The molecule has 2 N–H and O–H groups in total. The van der Waals surface area contributed by atoms with E-state index < -0.39 is 48.3 Å². The van der Waals surface area contributed by atoms with Gasteiger partial charge in [0.05, 0.1) is 40.8 Å². The maximum absolute atomic E-state index is 15.1. The Bertz CT molecular complexity index is 2760. The Morgan fingerprint density at radius 2 is 1.82 bits per heavy atom. The van der Waals surface area contributed by atoms with E-state index in [0.29, 0.717) is 94.7 Å². The zero-order valence-corrected chi connectivity index (χ0v) is 43.2. The number of nitrogens with zero attached hydrogens (tertiary/aromatic N) is 7. The van der Waals surface area contributed by atoms with Crippen LogP contribution in [0.5, 0.6) is 0 Å². The Labute approximate surface area is 428 Å². The molecule has 3 amide bonds. The second kappa shape index (κ2) is 19.6. The molecule has 2 unspecified atom stereocenters. The first-order valence-electron chi connectivity index (χ1n) is 26.4. The van der Waals surface area contributed by atoms with Crippen molar-refractivity contribution >= 4 is 45.9 Å². The van der Waals surface area contributed by atoms with Crippen LogP contribution in [-0.4, -0.2) is 147 Å². The zero-order valence-electron chi connectivity index (χ0n) is 42.3. The molecule has 3 aromatic heterocycles. The summed E-state index contributed by atoms with van der Waals surface area (Å²) in [6, 6.07) is 7.13. The highest BCUT2D eigenvalue weighted by Crippen LogP contribution is 2.46. The number of likely N-dealkylation sites (tertiary alicyclic amines) is 2. The monoisotopic (exact) mass is 1030 g/mol. The van der Waals surface area contributed by atoms with Crippen LogP contribution < -0.4 is 10.7 Å². The molecule has 5 aliphatic heterocycles. The molecule has 19 heteroatoms. The fourth-order valence-corrected chi connectivity index (χ4v) is 13.7. The van der Waals surface area contributed by atoms with Gasteiger partial charge >= 0.3 is 12.1 Å². The van der Waals surface area contributed by atoms with Gasteiger partial charge in [-0.05, 0) is 107 Å². The van der Waals surface area contributed by atoms with Gasteiger partial charge in [0, 0.05) is 96.7 Å². The number of nitrogens with one attached hydrogen (secondary N) is 2. The third kappa shape index (κ3) is 10.3. The number of thiazole rings is 1. The van der Waals surface area contributed by atoms with Crippen molar-refractivity contribution in [2.24, 2.45) is 16.7 Å². The van der Waals surface area contributed by atoms with Gasteiger partial charge in [0.2, 0.25) is 11.8 Å². The highest BCUT2D eigenvalue weighted by atomic mass is 32.1. The van der Waals surface area contributed by atoms with E-state index in [1.165, 1.54) is 40.9 Å². The third-order valence-electron chi connectivity index (χ3n) is 16.7. The fraction of sp³-hybridized carbons (Fsp3) is 0.630. The summed E-state index contributed by atoms with van der Waals surface area (Å²) in [6.07, 6.45) is 5.93. The number of alkyl halides is 3. The van der Waals surface area contributed by atoms with Crippen molar-refractivity contribution in [2.45, 2.75) is 147 Å². The number of hydrogen-bond acceptors (Lipinski definition) is 12. The predicted octanol–water partition coefficient (Wildman–Crippen LogP) is 7.07. The number of pyridine rings is 1. The van der Waals surface area contributed by atoms with Crippen LogP contribution in [0.1, 0.15) is 107 Å². The topological polar surface area (TPSA) is 154 Å². The lowest BCUT2D eigenvalue weighted by atomic mass is 9.72. The molecule has 2 saturated carbocycles. The SMILES string of the molecule is CO[C@@H](C)c1ncccc1-c1c2c3cc(ccc3n1CC(F)(F)F)-c1csc(n1)C[C@H](NC(=O)C(C1CCCC1)N1CCCC3(CN(C(=O)[C@H]4CN4C4CC4)C3)C1)C(=O)N1CCC[C@H](N1)C(=O)OCC(C)(C)C2. The number of ether oxygens (including phenoxy) is 2. The number of hydrazine groups is 1. The number of methoxy groups -OCH3 is 1. The fourth-order valence-electron chi connectivity index (χ4n) is 12.8. The van der Waals surface area contributed by atoms with Gasteiger partial charge in [-0.15, -0.1) is 11.3 Å². The Morgan fingerprint density at radius 3 is 2.58 bits per heavy atom. The van der Waals surface area contributed by atoms with Gasteiger partial charge < -0.3 is 24.3 Å². The van der Waals surface area contributed by atoms with Crippen LogP contribution in [-0.2, 0) is 48.0 Å². The standard InChI is InChI=1S/C54H68F3N9O6S/c1-32(71-4)45-36(12-7-19-58-45)47-38-24-52(2,3)31-72-51(70)39-13-8-21-66(61-39)49(68)40(23-44-59-41(26-73-44)34-14-17-42(37(38)22-34)65(47)30-54(55,56)57)60-48(67)46(33-10-5-6-11-33)62-20-9-18-53(27-62)28-63(29-53)50(69)43-25-64(43)35-15-16-35/h7,12,14,17,19,22,26,32-33,35,39-40,43,46,61H,5-6,8-11,13,15-16,18,20-21,23-25,27-31H2,1-4H3,(H,60,67)/t32-,39-,40-,43+,46?,64?/m0/s1. The van der Waals surface area contributed by atoms with Crippen LogP contribution in [0, 0.1) is 16.7 Å². The number of rotatable bonds is 10. The minimum Gasteiger partial charge on any atom is -0.464 e. The number of cyclic esters (lactones) is 1. The molecular weight excluding hydrogens is 960 g/mol. The molecule has 4 saturated heterocycles. The quantitative estimate of drug-likeness (QED) is 0.124. The molecule has 7 aliphatic rings. The second-order valence-corrected chi connectivity index (χ2v) is 23.9. The maximum atomic E-state index is 15.1. The lowest BCUT2D eigenvalue weighted by molar-refractivity contribution is -0.155. The number of hydrogen-bond donors (Lipinski definition) is 2. The summed E-state index contributed by atoms with van der Waals surface area (Å²) < 4.78 is 57.3. The highest BCUT2D eigenvalue weighted by molar-refractivity contribution is 7.10. The first-order chi connectivity index (χ1) is 35.0. The summed E-state index contributed by atoms with van der Waals surface area (Å²) in [6.45, 7) is 8.42. The van der Waals surface area contributed by atoms with Crippen LogP contribution in [0.3, 0.4) is 0 Å². The molecule has 6 fully saturated rings. The molecule has 4 aromatic rings. The van der Waals surface area contributed by atoms with E-state index in [1.54, 1.807) is 30.5 Å². The highest BCUT2D eigenvalue weighted by Gasteiger charge is 2.56. The predicted molar refractivity (Wildman–Crippen MR) is 269 cm³/mol. The molecule has 392 valence electrons. The normalized spacial score (nSPS) is 26.6. The molecule has 8 heterocycles. The number of aromatic nitrogens is 3. The van der Waals surface area contributed by atoms with Crippen LogP contribution in [0.15, 0.2) is 41.9 Å². The Morgan fingerprint density at radius 1 is 1.03 bits per heavy atom. The molecule has 2 aliphatic carbocycles. The van der Waals surface area contributed by atoms with Gasteiger partial charge in [-0.1, -0.05) is 32.8 Å². The van der Waals surface area contributed by atoms with Crippen LogP contribution in [0.2, 0.25) is 0 Å². The van der Waals surface area contributed by atoms with Crippen molar-refractivity contribution < 1.29 is 41.8 Å². The van der Waals surface area contributed by atoms with Gasteiger partial charge in [-0.25, -0.2) is 10.4 Å². The smallest absolute Gasteiger partial charge is 0.406 e. The number of benzene rings is 1. The Kier molecular flexibility index (Phi) is 13.5. The number of amides is 3. The number of halogens is 3. The van der Waals surface area contributed by atoms with Crippen LogP contribution >= 0.6 is 11.3 Å². The number of esters is 1. The van der Waals surface area contributed by atoms with Crippen LogP contribution in [0.4, 0.5) is 13.2 Å². The summed E-state index contributed by atoms with van der Waals surface area (Å²) >= 11 is 1.36. The van der Waals surface area contributed by atoms with Crippen LogP contribution in [0.25, 0.3) is 33.4 Å². The van der Waals surface area contributed by atoms with E-state index in [4.69, 9.17) is 14.5 Å². The van der Waals surface area contributed by atoms with Gasteiger partial charge in [0.15, 0.2) is 0 Å². The largest absolute Gasteiger partial charge is 0.464 e. The summed E-state index contributed by atoms with van der Waals surface area (Å²) in [4.78, 5) is 73.9. The number of carbonyl (C=O) groups excluding carboxylic acids is 4. The Balaban J connectivity index is 0.926. The second-order valence-electron chi connectivity index (χ2n) is 22.9. The molecule has 6 bridgehead atoms. The molecule has 15 nitrogen and oxygen atoms in total. The van der Waals surface area contributed by atoms with Gasteiger partial charge in [0.25, 0.3) is 5.91 Å². The molecule has 1 aromatic carbocycles. The molecule has 11 rings (SSSR count). The Hall–Kier alpha value is -4.95. The molecule has 73 heavy (non-hydrogen) atoms. The first kappa shape index (κ1) is 50.2. The van der Waals surface area contributed by atoms with Gasteiger partial charge in [-0.2, -0.15) is 13.2 Å². The number of piperidine rings is 1. The number of fused-ring (bicyclic) bond motifs is 6. The van der Waals surface area contributed by atoms with Gasteiger partial charge in [-0.3, -0.25) is 39.0 Å². The van der Waals surface area contributed by atoms with Crippen molar-refractivity contribution in [3.8, 4) is 22.5 Å². The van der Waals surface area contributed by atoms with E-state index >= 15 is 4.79 Å². The molecular formula is C54H68F3N9O6S. The lowest BCUT2D eigenvalue weighted by Crippen LogP contribution is -2.68. The average Bonchev–Trinajstić information content (AvgIpc) is 4.24. The van der Waals surface area contributed by atoms with Crippen molar-refractivity contribution in [2.75, 3.05) is 53.0 Å².